The van der Waals surface area contributed by atoms with Crippen molar-refractivity contribution in [3.05, 3.63) is 40.6 Å². The summed E-state index contributed by atoms with van der Waals surface area (Å²) in [6.07, 6.45) is 1.08. The fourth-order valence-electron chi connectivity index (χ4n) is 2.25. The molecule has 7 heteroatoms. The van der Waals surface area contributed by atoms with Crippen LogP contribution in [0.1, 0.15) is 22.3 Å². The van der Waals surface area contributed by atoms with Crippen molar-refractivity contribution in [3.63, 3.8) is 0 Å². The summed E-state index contributed by atoms with van der Waals surface area (Å²) in [5.41, 5.74) is 15.4. The molecule has 0 saturated heterocycles. The first-order valence-electron chi connectivity index (χ1n) is 6.33. The molecule has 6 N–H and O–H groups in total. The van der Waals surface area contributed by atoms with Crippen LogP contribution in [0.2, 0.25) is 0 Å². The maximum absolute atomic E-state index is 10.8. The van der Waals surface area contributed by atoms with Crippen LogP contribution in [0.15, 0.2) is 18.3 Å². The highest BCUT2D eigenvalue weighted by atomic mass is 16.4. The highest BCUT2D eigenvalue weighted by Crippen LogP contribution is 2.24. The molecule has 110 valence electrons. The van der Waals surface area contributed by atoms with Gasteiger partial charge in [0.05, 0.1) is 0 Å². The fourth-order valence-corrected chi connectivity index (χ4v) is 2.25. The number of anilines is 3. The van der Waals surface area contributed by atoms with Crippen molar-refractivity contribution in [3.8, 4) is 0 Å². The SMILES string of the molecule is Cc1cc(Cc2cnc(N)nc2N)cc(C)c1NC(=O)O. The van der Waals surface area contributed by atoms with Crippen LogP contribution in [0.5, 0.6) is 0 Å². The van der Waals surface area contributed by atoms with Crippen molar-refractivity contribution < 1.29 is 9.90 Å². The van der Waals surface area contributed by atoms with E-state index < -0.39 is 6.09 Å². The van der Waals surface area contributed by atoms with Crippen molar-refractivity contribution in [1.82, 2.24) is 9.97 Å². The number of nitrogen functional groups attached to an aromatic ring is 2. The second-order valence-corrected chi connectivity index (χ2v) is 4.85. The number of nitrogens with one attached hydrogen (secondary N) is 1. The van der Waals surface area contributed by atoms with Crippen molar-refractivity contribution >= 4 is 23.5 Å². The van der Waals surface area contributed by atoms with Gasteiger partial charge in [-0.25, -0.2) is 9.78 Å². The number of nitrogens with zero attached hydrogens (tertiary/aromatic N) is 2. The van der Waals surface area contributed by atoms with Gasteiger partial charge < -0.3 is 16.6 Å². The van der Waals surface area contributed by atoms with Gasteiger partial charge >= 0.3 is 6.09 Å². The van der Waals surface area contributed by atoms with Gasteiger partial charge in [0.1, 0.15) is 5.82 Å². The molecule has 21 heavy (non-hydrogen) atoms. The second kappa shape index (κ2) is 5.66. The molecule has 0 radical (unpaired) electrons. The van der Waals surface area contributed by atoms with Crippen molar-refractivity contribution in [1.29, 1.82) is 0 Å². The summed E-state index contributed by atoms with van der Waals surface area (Å²) >= 11 is 0. The first kappa shape index (κ1) is 14.6. The molecule has 0 unspecified atom stereocenters. The third-order valence-electron chi connectivity index (χ3n) is 3.14. The minimum atomic E-state index is -1.08. The summed E-state index contributed by atoms with van der Waals surface area (Å²) in [5.74, 6) is 0.496. The number of benzene rings is 1. The zero-order valence-corrected chi connectivity index (χ0v) is 11.8. The number of rotatable bonds is 3. The van der Waals surface area contributed by atoms with E-state index in [0.29, 0.717) is 17.9 Å². The van der Waals surface area contributed by atoms with Gasteiger partial charge in [0.2, 0.25) is 5.95 Å². The van der Waals surface area contributed by atoms with E-state index in [1.54, 1.807) is 6.20 Å². The third-order valence-corrected chi connectivity index (χ3v) is 3.14. The summed E-state index contributed by atoms with van der Waals surface area (Å²) in [6, 6.07) is 3.82. The number of nitrogens with two attached hydrogens (primary N) is 2. The van der Waals surface area contributed by atoms with Gasteiger partial charge in [0.15, 0.2) is 0 Å². The van der Waals surface area contributed by atoms with E-state index in [1.807, 2.05) is 26.0 Å². The monoisotopic (exact) mass is 287 g/mol. The van der Waals surface area contributed by atoms with Crippen LogP contribution >= 0.6 is 0 Å². The molecule has 0 aliphatic carbocycles. The molecule has 0 bridgehead atoms. The van der Waals surface area contributed by atoms with E-state index in [-0.39, 0.29) is 5.95 Å². The Hall–Kier alpha value is -2.83. The second-order valence-electron chi connectivity index (χ2n) is 4.85. The predicted molar refractivity (Wildman–Crippen MR) is 81.2 cm³/mol. The zero-order chi connectivity index (χ0) is 15.6. The smallest absolute Gasteiger partial charge is 0.409 e. The number of hydrogen-bond acceptors (Lipinski definition) is 5. The van der Waals surface area contributed by atoms with E-state index in [2.05, 4.69) is 15.3 Å². The molecule has 1 aromatic heterocycles. The Labute approximate surface area is 122 Å². The summed E-state index contributed by atoms with van der Waals surface area (Å²) in [5, 5.41) is 11.2. The topological polar surface area (TPSA) is 127 Å². The Kier molecular flexibility index (Phi) is 3.93. The first-order valence-corrected chi connectivity index (χ1v) is 6.33. The summed E-state index contributed by atoms with van der Waals surface area (Å²) in [6.45, 7) is 3.70. The summed E-state index contributed by atoms with van der Waals surface area (Å²) in [7, 11) is 0. The van der Waals surface area contributed by atoms with Gasteiger partial charge in [-0.3, -0.25) is 5.32 Å². The Morgan fingerprint density at radius 1 is 1.29 bits per heavy atom. The molecular formula is C14H17N5O2. The normalized spacial score (nSPS) is 10.4. The van der Waals surface area contributed by atoms with Gasteiger partial charge in [-0.15, -0.1) is 0 Å². The van der Waals surface area contributed by atoms with Crippen LogP contribution in [0, 0.1) is 13.8 Å². The van der Waals surface area contributed by atoms with Gasteiger partial charge in [-0.2, -0.15) is 4.98 Å². The Morgan fingerprint density at radius 3 is 2.43 bits per heavy atom. The molecule has 2 rings (SSSR count). The number of aromatic nitrogens is 2. The van der Waals surface area contributed by atoms with E-state index in [9.17, 15) is 4.79 Å². The van der Waals surface area contributed by atoms with Crippen LogP contribution in [0.4, 0.5) is 22.2 Å². The van der Waals surface area contributed by atoms with E-state index in [0.717, 1.165) is 22.3 Å². The number of hydrogen-bond donors (Lipinski definition) is 4. The number of amides is 1. The van der Waals surface area contributed by atoms with Crippen LogP contribution in [0.3, 0.4) is 0 Å². The number of aryl methyl sites for hydroxylation is 2. The molecule has 1 heterocycles. The molecule has 7 nitrogen and oxygen atoms in total. The number of carbonyl (C=O) groups is 1. The average molecular weight is 287 g/mol. The number of carboxylic acid groups (broad SMARTS) is 1. The Bertz CT molecular complexity index is 677. The fraction of sp³-hybridized carbons (Fsp3) is 0.214. The Balaban J connectivity index is 2.31. The van der Waals surface area contributed by atoms with Gasteiger partial charge in [0.25, 0.3) is 0 Å². The molecule has 0 atom stereocenters. The highest BCUT2D eigenvalue weighted by molar-refractivity contribution is 5.85. The summed E-state index contributed by atoms with van der Waals surface area (Å²) in [4.78, 5) is 18.6. The minimum Gasteiger partial charge on any atom is -0.465 e. The maximum Gasteiger partial charge on any atom is 0.409 e. The van der Waals surface area contributed by atoms with Crippen LogP contribution in [0.25, 0.3) is 0 Å². The molecule has 0 spiro atoms. The Morgan fingerprint density at radius 2 is 1.90 bits per heavy atom. The average Bonchev–Trinajstić information content (AvgIpc) is 2.37. The standard InChI is InChI=1S/C14H17N5O2/c1-7-3-9(4-8(2)11(7)18-14(20)21)5-10-6-17-13(16)19-12(10)15/h3-4,6,18H,5H2,1-2H3,(H,20,21)(H4,15,16,17,19). The van der Waals surface area contributed by atoms with Crippen molar-refractivity contribution in [2.75, 3.05) is 16.8 Å². The van der Waals surface area contributed by atoms with Gasteiger partial charge in [-0.05, 0) is 30.5 Å². The molecule has 0 fully saturated rings. The lowest BCUT2D eigenvalue weighted by Crippen LogP contribution is -2.10. The molecule has 0 saturated carbocycles. The lowest BCUT2D eigenvalue weighted by molar-refractivity contribution is 0.209. The van der Waals surface area contributed by atoms with Crippen LogP contribution in [-0.2, 0) is 6.42 Å². The zero-order valence-electron chi connectivity index (χ0n) is 11.8. The quantitative estimate of drug-likeness (QED) is 0.683. The van der Waals surface area contributed by atoms with Crippen molar-refractivity contribution in [2.24, 2.45) is 0 Å². The summed E-state index contributed by atoms with van der Waals surface area (Å²) < 4.78 is 0. The highest BCUT2D eigenvalue weighted by Gasteiger charge is 2.10. The molecule has 0 aliphatic rings. The molecule has 0 aliphatic heterocycles. The largest absolute Gasteiger partial charge is 0.465 e. The first-order chi connectivity index (χ1) is 9.86. The van der Waals surface area contributed by atoms with E-state index in [4.69, 9.17) is 16.6 Å². The molecular weight excluding hydrogens is 270 g/mol. The van der Waals surface area contributed by atoms with Crippen molar-refractivity contribution in [2.45, 2.75) is 20.3 Å². The van der Waals surface area contributed by atoms with Crippen LogP contribution < -0.4 is 16.8 Å². The predicted octanol–water partition coefficient (Wildman–Crippen LogP) is 1.94. The van der Waals surface area contributed by atoms with Gasteiger partial charge in [0, 0.05) is 23.9 Å². The minimum absolute atomic E-state index is 0.143. The lowest BCUT2D eigenvalue weighted by atomic mass is 10.00. The van der Waals surface area contributed by atoms with Crippen LogP contribution in [-0.4, -0.2) is 21.2 Å². The molecule has 1 amide bonds. The lowest BCUT2D eigenvalue weighted by Gasteiger charge is -2.13. The maximum atomic E-state index is 10.8. The molecule has 2 aromatic rings. The van der Waals surface area contributed by atoms with E-state index >= 15 is 0 Å². The third kappa shape index (κ3) is 3.38. The van der Waals surface area contributed by atoms with E-state index in [1.165, 1.54) is 0 Å². The molecule has 1 aromatic carbocycles. The van der Waals surface area contributed by atoms with Gasteiger partial charge in [-0.1, -0.05) is 12.1 Å².